The molecule has 2 aromatic rings. The number of aryl methyl sites for hydroxylation is 1. The first-order valence-corrected chi connectivity index (χ1v) is 6.19. The largest absolute Gasteiger partial charge is 0.422 e. The van der Waals surface area contributed by atoms with Crippen LogP contribution in [0.2, 0.25) is 0 Å². The van der Waals surface area contributed by atoms with Gasteiger partial charge in [-0.3, -0.25) is 0 Å². The molecule has 2 heteroatoms. The molecule has 0 spiro atoms. The van der Waals surface area contributed by atoms with E-state index in [-0.39, 0.29) is 5.63 Å². The van der Waals surface area contributed by atoms with Crippen LogP contribution < -0.4 is 5.63 Å². The van der Waals surface area contributed by atoms with Crippen LogP contribution in [0, 0.1) is 0 Å². The van der Waals surface area contributed by atoms with Gasteiger partial charge in [-0.1, -0.05) is 45.4 Å². The Morgan fingerprint density at radius 2 is 2.06 bits per heavy atom. The van der Waals surface area contributed by atoms with E-state index in [0.29, 0.717) is 5.92 Å². The number of hydrogen-bond donors (Lipinski definition) is 0. The molecule has 1 aromatic carbocycles. The Hall–Kier alpha value is -1.57. The molecule has 0 aliphatic heterocycles. The van der Waals surface area contributed by atoms with Gasteiger partial charge in [-0.25, -0.2) is 4.79 Å². The molecule has 2 rings (SSSR count). The second-order valence-corrected chi connectivity index (χ2v) is 4.72. The SMILES string of the molecule is CCCc1cc(=O)oc2c(C(C)C)cccc12. The number of rotatable bonds is 3. The summed E-state index contributed by atoms with van der Waals surface area (Å²) in [6.07, 6.45) is 1.95. The lowest BCUT2D eigenvalue weighted by Gasteiger charge is -2.10. The van der Waals surface area contributed by atoms with Crippen LogP contribution in [0.15, 0.2) is 33.5 Å². The fourth-order valence-corrected chi connectivity index (χ4v) is 2.20. The van der Waals surface area contributed by atoms with Crippen LogP contribution in [0.3, 0.4) is 0 Å². The minimum absolute atomic E-state index is 0.242. The Kier molecular flexibility index (Phi) is 3.32. The third kappa shape index (κ3) is 2.26. The van der Waals surface area contributed by atoms with Crippen LogP contribution in [-0.2, 0) is 6.42 Å². The standard InChI is InChI=1S/C15H18O2/c1-4-6-11-9-14(16)17-15-12(10(2)3)7-5-8-13(11)15/h5,7-10H,4,6H2,1-3H3. The highest BCUT2D eigenvalue weighted by atomic mass is 16.4. The van der Waals surface area contributed by atoms with Gasteiger partial charge >= 0.3 is 5.63 Å². The van der Waals surface area contributed by atoms with Gasteiger partial charge in [-0.2, -0.15) is 0 Å². The van der Waals surface area contributed by atoms with E-state index in [1.54, 1.807) is 6.07 Å². The molecule has 0 N–H and O–H groups in total. The predicted octanol–water partition coefficient (Wildman–Crippen LogP) is 3.87. The van der Waals surface area contributed by atoms with Crippen LogP contribution in [0.5, 0.6) is 0 Å². The molecule has 2 nitrogen and oxygen atoms in total. The van der Waals surface area contributed by atoms with Crippen molar-refractivity contribution < 1.29 is 4.42 Å². The lowest BCUT2D eigenvalue weighted by molar-refractivity contribution is 0.552. The minimum Gasteiger partial charge on any atom is -0.422 e. The summed E-state index contributed by atoms with van der Waals surface area (Å²) >= 11 is 0. The molecule has 0 aliphatic carbocycles. The first-order valence-electron chi connectivity index (χ1n) is 6.19. The lowest BCUT2D eigenvalue weighted by atomic mass is 9.97. The summed E-state index contributed by atoms with van der Waals surface area (Å²) in [5.74, 6) is 0.360. The summed E-state index contributed by atoms with van der Waals surface area (Å²) in [6, 6.07) is 7.73. The van der Waals surface area contributed by atoms with Gasteiger partial charge in [-0.15, -0.1) is 0 Å². The highest BCUT2D eigenvalue weighted by Gasteiger charge is 2.11. The molecule has 1 heterocycles. The summed E-state index contributed by atoms with van der Waals surface area (Å²) in [4.78, 5) is 11.6. The van der Waals surface area contributed by atoms with E-state index in [1.807, 2.05) is 18.2 Å². The van der Waals surface area contributed by atoms with Crippen LogP contribution in [0.25, 0.3) is 11.0 Å². The van der Waals surface area contributed by atoms with Gasteiger partial charge in [0.15, 0.2) is 0 Å². The van der Waals surface area contributed by atoms with Crippen LogP contribution in [0.4, 0.5) is 0 Å². The molecule has 0 radical (unpaired) electrons. The molecule has 0 fully saturated rings. The van der Waals surface area contributed by atoms with E-state index in [0.717, 1.165) is 34.9 Å². The Morgan fingerprint density at radius 1 is 1.29 bits per heavy atom. The van der Waals surface area contributed by atoms with E-state index in [4.69, 9.17) is 4.42 Å². The van der Waals surface area contributed by atoms with Crippen molar-refractivity contribution in [3.63, 3.8) is 0 Å². The summed E-state index contributed by atoms with van der Waals surface area (Å²) in [5.41, 5.74) is 2.73. The maximum absolute atomic E-state index is 11.6. The third-order valence-electron chi connectivity index (χ3n) is 3.03. The zero-order chi connectivity index (χ0) is 12.4. The molecule has 0 saturated heterocycles. The van der Waals surface area contributed by atoms with Crippen molar-refractivity contribution in [3.8, 4) is 0 Å². The van der Waals surface area contributed by atoms with Crippen LogP contribution in [0.1, 0.15) is 44.2 Å². The monoisotopic (exact) mass is 230 g/mol. The number of para-hydroxylation sites is 1. The van der Waals surface area contributed by atoms with Gasteiger partial charge in [0.2, 0.25) is 0 Å². The van der Waals surface area contributed by atoms with Crippen molar-refractivity contribution in [2.24, 2.45) is 0 Å². The number of hydrogen-bond acceptors (Lipinski definition) is 2. The molecule has 0 bridgehead atoms. The van der Waals surface area contributed by atoms with Crippen molar-refractivity contribution in [1.29, 1.82) is 0 Å². The molecular weight excluding hydrogens is 212 g/mol. The second kappa shape index (κ2) is 4.74. The maximum atomic E-state index is 11.6. The van der Waals surface area contributed by atoms with E-state index in [9.17, 15) is 4.79 Å². The smallest absolute Gasteiger partial charge is 0.336 e. The van der Waals surface area contributed by atoms with Gasteiger partial charge in [0.25, 0.3) is 0 Å². The van der Waals surface area contributed by atoms with Crippen molar-refractivity contribution >= 4 is 11.0 Å². The number of fused-ring (bicyclic) bond motifs is 1. The Bertz CT molecular complexity index is 579. The molecule has 0 unspecified atom stereocenters. The fraction of sp³-hybridized carbons (Fsp3) is 0.400. The van der Waals surface area contributed by atoms with Gasteiger partial charge in [0, 0.05) is 11.5 Å². The van der Waals surface area contributed by atoms with E-state index in [2.05, 4.69) is 20.8 Å². The van der Waals surface area contributed by atoms with Crippen molar-refractivity contribution in [3.05, 3.63) is 45.8 Å². The average Bonchev–Trinajstić information content (AvgIpc) is 2.28. The topological polar surface area (TPSA) is 30.2 Å². The highest BCUT2D eigenvalue weighted by molar-refractivity contribution is 5.83. The number of benzene rings is 1. The first-order chi connectivity index (χ1) is 8.13. The van der Waals surface area contributed by atoms with Crippen molar-refractivity contribution in [2.45, 2.75) is 39.5 Å². The van der Waals surface area contributed by atoms with Crippen LogP contribution in [-0.4, -0.2) is 0 Å². The molecular formula is C15H18O2. The normalized spacial score (nSPS) is 11.3. The van der Waals surface area contributed by atoms with Gasteiger partial charge < -0.3 is 4.42 Å². The summed E-state index contributed by atoms with van der Waals surface area (Å²) in [6.45, 7) is 6.34. The summed E-state index contributed by atoms with van der Waals surface area (Å²) in [7, 11) is 0. The Balaban J connectivity index is 2.78. The van der Waals surface area contributed by atoms with Crippen molar-refractivity contribution in [2.75, 3.05) is 0 Å². The minimum atomic E-state index is -0.242. The Morgan fingerprint density at radius 3 is 2.71 bits per heavy atom. The predicted molar refractivity (Wildman–Crippen MR) is 70.6 cm³/mol. The zero-order valence-corrected chi connectivity index (χ0v) is 10.6. The fourth-order valence-electron chi connectivity index (χ4n) is 2.20. The van der Waals surface area contributed by atoms with Gasteiger partial charge in [0.1, 0.15) is 5.58 Å². The van der Waals surface area contributed by atoms with Crippen LogP contribution >= 0.6 is 0 Å². The van der Waals surface area contributed by atoms with Gasteiger partial charge in [0.05, 0.1) is 0 Å². The van der Waals surface area contributed by atoms with E-state index >= 15 is 0 Å². The molecule has 0 atom stereocenters. The highest BCUT2D eigenvalue weighted by Crippen LogP contribution is 2.26. The molecule has 0 aliphatic rings. The molecule has 0 saturated carbocycles. The summed E-state index contributed by atoms with van der Waals surface area (Å²) < 4.78 is 5.39. The first kappa shape index (κ1) is 11.9. The van der Waals surface area contributed by atoms with E-state index < -0.39 is 0 Å². The summed E-state index contributed by atoms with van der Waals surface area (Å²) in [5, 5.41) is 1.08. The third-order valence-corrected chi connectivity index (χ3v) is 3.03. The molecule has 1 aromatic heterocycles. The second-order valence-electron chi connectivity index (χ2n) is 4.72. The van der Waals surface area contributed by atoms with Crippen molar-refractivity contribution in [1.82, 2.24) is 0 Å². The maximum Gasteiger partial charge on any atom is 0.336 e. The average molecular weight is 230 g/mol. The quantitative estimate of drug-likeness (QED) is 0.749. The zero-order valence-electron chi connectivity index (χ0n) is 10.6. The lowest BCUT2D eigenvalue weighted by Crippen LogP contribution is -2.02. The molecule has 17 heavy (non-hydrogen) atoms. The Labute approximate surface area is 101 Å². The molecule has 90 valence electrons. The molecule has 0 amide bonds. The van der Waals surface area contributed by atoms with E-state index in [1.165, 1.54) is 0 Å². The van der Waals surface area contributed by atoms with Gasteiger partial charge in [-0.05, 0) is 23.5 Å².